The maximum Gasteiger partial charge on any atom is 0.232 e. The van der Waals surface area contributed by atoms with Crippen molar-refractivity contribution in [1.29, 1.82) is 0 Å². The molecule has 1 rings (SSSR count). The summed E-state index contributed by atoms with van der Waals surface area (Å²) in [6.07, 6.45) is 2.99. The quantitative estimate of drug-likeness (QED) is 0.718. The van der Waals surface area contributed by atoms with Gasteiger partial charge in [0.1, 0.15) is 0 Å². The van der Waals surface area contributed by atoms with Gasteiger partial charge in [-0.2, -0.15) is 0 Å². The fourth-order valence-electron chi connectivity index (χ4n) is 1.84. The van der Waals surface area contributed by atoms with Crippen LogP contribution >= 0.6 is 23.2 Å². The summed E-state index contributed by atoms with van der Waals surface area (Å²) in [7, 11) is -3.57. The number of unbranched alkanes of at least 4 members (excludes halogenated alkanes) is 1. The van der Waals surface area contributed by atoms with E-state index in [1.165, 1.54) is 12.1 Å². The van der Waals surface area contributed by atoms with Gasteiger partial charge in [-0.05, 0) is 24.6 Å². The van der Waals surface area contributed by atoms with Crippen LogP contribution in [0.15, 0.2) is 18.2 Å². The lowest BCUT2D eigenvalue weighted by molar-refractivity contribution is -0.120. The Kier molecular flexibility index (Phi) is 7.45. The Morgan fingerprint density at radius 1 is 1.32 bits per heavy atom. The molecule has 0 spiro atoms. The summed E-state index contributed by atoms with van der Waals surface area (Å²) < 4.78 is 25.0. The Morgan fingerprint density at radius 3 is 2.59 bits per heavy atom. The molecule has 8 heteroatoms. The average Bonchev–Trinajstić information content (AvgIpc) is 2.41. The van der Waals surface area contributed by atoms with E-state index in [-0.39, 0.29) is 29.6 Å². The molecule has 22 heavy (non-hydrogen) atoms. The fourth-order valence-corrected chi connectivity index (χ4v) is 3.21. The normalized spacial score (nSPS) is 11.3. The third-order valence-corrected chi connectivity index (χ3v) is 4.71. The third-order valence-electron chi connectivity index (χ3n) is 2.97. The Morgan fingerprint density at radius 2 is 2.00 bits per heavy atom. The van der Waals surface area contributed by atoms with Crippen molar-refractivity contribution in [3.8, 4) is 0 Å². The zero-order chi connectivity index (χ0) is 16.8. The molecule has 0 aromatic heterocycles. The van der Waals surface area contributed by atoms with Crippen molar-refractivity contribution in [2.45, 2.75) is 26.2 Å². The van der Waals surface area contributed by atoms with Gasteiger partial charge in [-0.1, -0.05) is 36.5 Å². The largest absolute Gasteiger partial charge is 0.356 e. The lowest BCUT2D eigenvalue weighted by Gasteiger charge is -2.23. The van der Waals surface area contributed by atoms with Crippen molar-refractivity contribution in [3.05, 3.63) is 28.2 Å². The lowest BCUT2D eigenvalue weighted by Crippen LogP contribution is -2.35. The van der Waals surface area contributed by atoms with E-state index in [2.05, 4.69) is 5.32 Å². The number of sulfonamides is 1. The average molecular weight is 367 g/mol. The fraction of sp³-hybridized carbons (Fsp3) is 0.500. The third kappa shape index (κ3) is 6.02. The Bertz CT molecular complexity index is 621. The Labute approximate surface area is 141 Å². The van der Waals surface area contributed by atoms with E-state index in [0.717, 1.165) is 23.4 Å². The van der Waals surface area contributed by atoms with Crippen LogP contribution in [-0.4, -0.2) is 33.7 Å². The first-order valence-electron chi connectivity index (χ1n) is 6.95. The van der Waals surface area contributed by atoms with Gasteiger partial charge in [0, 0.05) is 24.5 Å². The number of halogens is 2. The molecule has 0 saturated heterocycles. The zero-order valence-corrected chi connectivity index (χ0v) is 14.9. The molecule has 0 unspecified atom stereocenters. The van der Waals surface area contributed by atoms with E-state index in [9.17, 15) is 13.2 Å². The highest BCUT2D eigenvalue weighted by atomic mass is 35.5. The van der Waals surface area contributed by atoms with Crippen LogP contribution in [-0.2, 0) is 14.8 Å². The van der Waals surface area contributed by atoms with E-state index in [0.29, 0.717) is 11.6 Å². The minimum absolute atomic E-state index is 0.0108. The minimum atomic E-state index is -3.57. The zero-order valence-electron chi connectivity index (χ0n) is 12.6. The molecule has 5 nitrogen and oxygen atoms in total. The summed E-state index contributed by atoms with van der Waals surface area (Å²) in [5, 5.41) is 3.39. The number of nitrogens with zero attached hydrogens (tertiary/aromatic N) is 1. The van der Waals surface area contributed by atoms with E-state index in [1.54, 1.807) is 6.07 Å². The number of hydrogen-bond donors (Lipinski definition) is 1. The van der Waals surface area contributed by atoms with Gasteiger partial charge in [-0.15, -0.1) is 0 Å². The summed E-state index contributed by atoms with van der Waals surface area (Å²) in [6.45, 7) is 2.63. The summed E-state index contributed by atoms with van der Waals surface area (Å²) in [5.41, 5.74) is 0.276. The number of hydrogen-bond acceptors (Lipinski definition) is 3. The molecule has 0 bridgehead atoms. The molecule has 1 amide bonds. The molecule has 124 valence electrons. The molecule has 0 aliphatic heterocycles. The van der Waals surface area contributed by atoms with Gasteiger partial charge in [-0.3, -0.25) is 9.10 Å². The Hall–Kier alpha value is -0.980. The van der Waals surface area contributed by atoms with Crippen LogP contribution in [0.25, 0.3) is 0 Å². The standard InChI is InChI=1S/C14H20Cl2N2O3S/c1-3-4-8-17-14(19)7-9-18(22(2,20)21)13-10-11(15)5-6-12(13)16/h5-6,10H,3-4,7-9H2,1-2H3,(H,17,19). The highest BCUT2D eigenvalue weighted by Crippen LogP contribution is 2.30. The molecular weight excluding hydrogens is 347 g/mol. The van der Waals surface area contributed by atoms with Crippen molar-refractivity contribution >= 4 is 44.8 Å². The predicted molar refractivity (Wildman–Crippen MR) is 91.2 cm³/mol. The van der Waals surface area contributed by atoms with Gasteiger partial charge in [0.25, 0.3) is 0 Å². The summed E-state index contributed by atoms with van der Waals surface area (Å²) in [6, 6.07) is 4.57. The number of benzene rings is 1. The first kappa shape index (κ1) is 19.1. The van der Waals surface area contributed by atoms with Crippen LogP contribution in [0, 0.1) is 0 Å². The summed E-state index contributed by atoms with van der Waals surface area (Å²) in [4.78, 5) is 11.7. The number of carbonyl (C=O) groups is 1. The maximum atomic E-state index is 12.0. The van der Waals surface area contributed by atoms with Crippen molar-refractivity contribution in [3.63, 3.8) is 0 Å². The van der Waals surface area contributed by atoms with Crippen LogP contribution in [0.2, 0.25) is 10.0 Å². The smallest absolute Gasteiger partial charge is 0.232 e. The van der Waals surface area contributed by atoms with E-state index in [4.69, 9.17) is 23.2 Å². The highest BCUT2D eigenvalue weighted by molar-refractivity contribution is 7.92. The molecule has 0 radical (unpaired) electrons. The molecule has 0 aliphatic rings. The van der Waals surface area contributed by atoms with Crippen LogP contribution in [0.3, 0.4) is 0 Å². The molecule has 0 saturated carbocycles. The number of anilines is 1. The first-order valence-corrected chi connectivity index (χ1v) is 9.55. The molecule has 1 N–H and O–H groups in total. The second kappa shape index (κ2) is 8.60. The summed E-state index contributed by atoms with van der Waals surface area (Å²) >= 11 is 11.9. The molecule has 0 fully saturated rings. The van der Waals surface area contributed by atoms with Gasteiger partial charge in [0.05, 0.1) is 17.0 Å². The van der Waals surface area contributed by atoms with Crippen molar-refractivity contribution in [2.75, 3.05) is 23.7 Å². The van der Waals surface area contributed by atoms with Gasteiger partial charge >= 0.3 is 0 Å². The van der Waals surface area contributed by atoms with Gasteiger partial charge < -0.3 is 5.32 Å². The molecule has 0 atom stereocenters. The van der Waals surface area contributed by atoms with E-state index >= 15 is 0 Å². The van der Waals surface area contributed by atoms with Gasteiger partial charge in [-0.25, -0.2) is 8.42 Å². The molecular formula is C14H20Cl2N2O3S. The molecule has 0 heterocycles. The van der Waals surface area contributed by atoms with Gasteiger partial charge in [0.2, 0.25) is 15.9 Å². The van der Waals surface area contributed by atoms with Crippen LogP contribution in [0.1, 0.15) is 26.2 Å². The molecule has 1 aromatic carbocycles. The highest BCUT2D eigenvalue weighted by Gasteiger charge is 2.21. The van der Waals surface area contributed by atoms with Crippen molar-refractivity contribution in [2.24, 2.45) is 0 Å². The van der Waals surface area contributed by atoms with E-state index < -0.39 is 10.0 Å². The van der Waals surface area contributed by atoms with Gasteiger partial charge in [0.15, 0.2) is 0 Å². The first-order chi connectivity index (χ1) is 10.3. The maximum absolute atomic E-state index is 12.0. The lowest BCUT2D eigenvalue weighted by atomic mass is 10.3. The number of carbonyl (C=O) groups excluding carboxylic acids is 1. The SMILES string of the molecule is CCCCNC(=O)CCN(c1cc(Cl)ccc1Cl)S(C)(=O)=O. The number of rotatable bonds is 8. The predicted octanol–water partition coefficient (Wildman–Crippen LogP) is 3.07. The topological polar surface area (TPSA) is 66.5 Å². The van der Waals surface area contributed by atoms with Crippen LogP contribution in [0.5, 0.6) is 0 Å². The second-order valence-electron chi connectivity index (χ2n) is 4.88. The number of amides is 1. The van der Waals surface area contributed by atoms with Crippen molar-refractivity contribution < 1.29 is 13.2 Å². The van der Waals surface area contributed by atoms with Crippen molar-refractivity contribution in [1.82, 2.24) is 5.32 Å². The minimum Gasteiger partial charge on any atom is -0.356 e. The summed E-state index contributed by atoms with van der Waals surface area (Å²) in [5.74, 6) is -0.194. The van der Waals surface area contributed by atoms with Crippen LogP contribution in [0.4, 0.5) is 5.69 Å². The second-order valence-corrected chi connectivity index (χ2v) is 7.63. The monoisotopic (exact) mass is 366 g/mol. The van der Waals surface area contributed by atoms with Crippen LogP contribution < -0.4 is 9.62 Å². The molecule has 0 aliphatic carbocycles. The Balaban J connectivity index is 2.83. The van der Waals surface area contributed by atoms with E-state index in [1.807, 2.05) is 6.92 Å². The molecule has 1 aromatic rings. The number of nitrogens with one attached hydrogen (secondary N) is 1.